The van der Waals surface area contributed by atoms with Crippen LogP contribution in [0.4, 0.5) is 0 Å². The smallest absolute Gasteiger partial charge is 0.335 e. The van der Waals surface area contributed by atoms with Crippen molar-refractivity contribution >= 4 is 16.9 Å². The highest BCUT2D eigenvalue weighted by atomic mass is 32.2. The fourth-order valence-corrected chi connectivity index (χ4v) is 6.41. The summed E-state index contributed by atoms with van der Waals surface area (Å²) in [6.07, 6.45) is 10.2. The zero-order chi connectivity index (χ0) is 27.9. The van der Waals surface area contributed by atoms with Crippen molar-refractivity contribution < 1.29 is 15.0 Å². The molecule has 39 heavy (non-hydrogen) atoms. The fourth-order valence-electron chi connectivity index (χ4n) is 4.35. The zero-order valence-corrected chi connectivity index (χ0v) is 24.0. The molecule has 0 radical (unpaired) electrons. The molecular formula is C35H40O3S. The molecule has 0 aliphatic rings. The Hall–Kier alpha value is -3.50. The Balaban J connectivity index is 0.000000353. The maximum atomic E-state index is 10.7. The predicted molar refractivity (Wildman–Crippen MR) is 161 cm³/mol. The zero-order valence-electron chi connectivity index (χ0n) is 23.1. The molecule has 1 N–H and O–H groups in total. The van der Waals surface area contributed by atoms with E-state index in [1.54, 1.807) is 0 Å². The molecule has 0 aliphatic carbocycles. The van der Waals surface area contributed by atoms with Crippen molar-refractivity contribution in [2.45, 2.75) is 79.9 Å². The van der Waals surface area contributed by atoms with E-state index in [1.165, 1.54) is 101 Å². The number of rotatable bonds is 12. The molecule has 0 atom stereocenters. The molecule has 3 nitrogen and oxygen atoms in total. The van der Waals surface area contributed by atoms with Gasteiger partial charge in [-0.25, -0.2) is 4.79 Å². The van der Waals surface area contributed by atoms with Crippen molar-refractivity contribution in [3.63, 3.8) is 0 Å². The molecular weight excluding hydrogens is 500 g/mol. The highest BCUT2D eigenvalue weighted by Crippen LogP contribution is 2.31. The first-order chi connectivity index (χ1) is 19.0. The first-order valence-electron chi connectivity index (χ1n) is 14.0. The summed E-state index contributed by atoms with van der Waals surface area (Å²) in [6, 6.07) is 35.3. The topological polar surface area (TPSA) is 60.4 Å². The van der Waals surface area contributed by atoms with Gasteiger partial charge in [-0.2, -0.15) is 0 Å². The van der Waals surface area contributed by atoms with Crippen LogP contribution in [-0.2, 0) is 23.7 Å². The van der Waals surface area contributed by atoms with Crippen LogP contribution in [0.2, 0.25) is 0 Å². The minimum atomic E-state index is -1.18. The van der Waals surface area contributed by atoms with Crippen molar-refractivity contribution in [3.05, 3.63) is 120 Å². The van der Waals surface area contributed by atoms with Gasteiger partial charge in [0.15, 0.2) is 14.7 Å². The second-order valence-corrected chi connectivity index (χ2v) is 11.6. The average molecular weight is 541 g/mol. The van der Waals surface area contributed by atoms with E-state index < -0.39 is 11.7 Å². The highest BCUT2D eigenvalue weighted by molar-refractivity contribution is 7.97. The van der Waals surface area contributed by atoms with Crippen LogP contribution < -0.4 is 5.11 Å². The standard InChI is InChI=1S/C28H35S.C7H6O3/c1-3-5-8-12-24-16-20-27(21-17-24)29(26-14-10-7-11-15-26)28-22-18-25(19-23-28)13-9-6-4-2;8-6-4-2-1-3-5(6)7(9)10/h7,10-11,14-23H,3-6,8-9,12-13H2,1-2H3;1-4,8H,(H,9,10)/q+1;/p-1. The minimum absolute atomic E-state index is 0.0458. The largest absolute Gasteiger partial charge is 0.872 e. The number of carbonyl (C=O) groups is 1. The van der Waals surface area contributed by atoms with E-state index in [2.05, 4.69) is 92.7 Å². The maximum Gasteiger partial charge on any atom is 0.335 e. The van der Waals surface area contributed by atoms with Crippen LogP contribution >= 0.6 is 0 Å². The van der Waals surface area contributed by atoms with E-state index in [0.717, 1.165) is 0 Å². The molecule has 0 fully saturated rings. The first kappa shape index (κ1) is 30.0. The number of aryl methyl sites for hydroxylation is 2. The first-order valence-corrected chi connectivity index (χ1v) is 15.2. The van der Waals surface area contributed by atoms with Crippen LogP contribution in [0.1, 0.15) is 73.9 Å². The lowest BCUT2D eigenvalue weighted by molar-refractivity contribution is -0.268. The number of hydrogen-bond donors (Lipinski definition) is 1. The number of para-hydroxylation sites is 1. The van der Waals surface area contributed by atoms with Crippen molar-refractivity contribution in [1.29, 1.82) is 0 Å². The summed E-state index contributed by atoms with van der Waals surface area (Å²) in [6.45, 7) is 4.54. The summed E-state index contributed by atoms with van der Waals surface area (Å²) in [7, 11) is -0.0458. The van der Waals surface area contributed by atoms with Gasteiger partial charge in [0.2, 0.25) is 0 Å². The summed E-state index contributed by atoms with van der Waals surface area (Å²) in [5, 5.41) is 19.0. The molecule has 0 spiro atoms. The number of unbranched alkanes of at least 4 members (excludes halogenated alkanes) is 4. The third kappa shape index (κ3) is 9.63. The Morgan fingerprint density at radius 1 is 0.615 bits per heavy atom. The molecule has 4 heteroatoms. The number of aromatic carboxylic acids is 1. The Morgan fingerprint density at radius 3 is 1.46 bits per heavy atom. The van der Waals surface area contributed by atoms with Gasteiger partial charge in [-0.3, -0.25) is 0 Å². The normalized spacial score (nSPS) is 10.6. The lowest BCUT2D eigenvalue weighted by atomic mass is 10.1. The fraction of sp³-hybridized carbons (Fsp3) is 0.286. The van der Waals surface area contributed by atoms with Crippen LogP contribution in [0.5, 0.6) is 5.75 Å². The van der Waals surface area contributed by atoms with Gasteiger partial charge in [-0.1, -0.05) is 106 Å². The van der Waals surface area contributed by atoms with Gasteiger partial charge in [0.1, 0.15) is 0 Å². The van der Waals surface area contributed by atoms with Gasteiger partial charge in [-0.05, 0) is 79.3 Å². The molecule has 4 aromatic carbocycles. The number of benzene rings is 4. The molecule has 204 valence electrons. The minimum Gasteiger partial charge on any atom is -0.872 e. The molecule has 4 aromatic rings. The summed E-state index contributed by atoms with van der Waals surface area (Å²) in [4.78, 5) is 14.4. The average Bonchev–Trinajstić information content (AvgIpc) is 2.96. The van der Waals surface area contributed by atoms with E-state index in [0.29, 0.717) is 0 Å². The van der Waals surface area contributed by atoms with Crippen molar-refractivity contribution in [1.82, 2.24) is 0 Å². The molecule has 4 rings (SSSR count). The third-order valence-corrected chi connectivity index (χ3v) is 8.78. The number of carboxylic acids is 1. The number of hydrogen-bond acceptors (Lipinski definition) is 2. The summed E-state index contributed by atoms with van der Waals surface area (Å²) < 4.78 is 0. The van der Waals surface area contributed by atoms with E-state index >= 15 is 0 Å². The molecule has 0 aliphatic heterocycles. The van der Waals surface area contributed by atoms with Gasteiger partial charge in [-0.15, -0.1) is 0 Å². The second-order valence-electron chi connectivity index (χ2n) is 9.62. The molecule has 0 aromatic heterocycles. The number of carboxylic acid groups (broad SMARTS) is 1. The molecule has 0 unspecified atom stereocenters. The van der Waals surface area contributed by atoms with E-state index in [-0.39, 0.29) is 16.5 Å². The molecule has 0 saturated carbocycles. The van der Waals surface area contributed by atoms with Crippen LogP contribution in [0.25, 0.3) is 0 Å². The van der Waals surface area contributed by atoms with Crippen molar-refractivity contribution in [3.8, 4) is 5.75 Å². The van der Waals surface area contributed by atoms with Gasteiger partial charge in [0.05, 0.1) is 16.5 Å². The van der Waals surface area contributed by atoms with Crippen molar-refractivity contribution in [2.75, 3.05) is 0 Å². The SMILES string of the molecule is CCCCCc1ccc([S+](c2ccccc2)c2ccc(CCCCC)cc2)cc1.O=C(O)c1ccccc1[O-]. The molecule has 0 saturated heterocycles. The quantitative estimate of drug-likeness (QED) is 0.144. The van der Waals surface area contributed by atoms with Crippen LogP contribution in [0.15, 0.2) is 118 Å². The van der Waals surface area contributed by atoms with Gasteiger partial charge in [0, 0.05) is 0 Å². The summed E-state index contributed by atoms with van der Waals surface area (Å²) in [5.41, 5.74) is 2.75. The van der Waals surface area contributed by atoms with Gasteiger partial charge >= 0.3 is 5.97 Å². The van der Waals surface area contributed by atoms with Crippen LogP contribution in [0.3, 0.4) is 0 Å². The van der Waals surface area contributed by atoms with Crippen LogP contribution in [0, 0.1) is 0 Å². The summed E-state index contributed by atoms with van der Waals surface area (Å²) in [5.74, 6) is -1.62. The van der Waals surface area contributed by atoms with Gasteiger partial charge in [0.25, 0.3) is 0 Å². The van der Waals surface area contributed by atoms with Crippen LogP contribution in [-0.4, -0.2) is 11.1 Å². The molecule has 0 amide bonds. The Bertz CT molecular complexity index is 1200. The highest BCUT2D eigenvalue weighted by Gasteiger charge is 2.28. The van der Waals surface area contributed by atoms with E-state index in [4.69, 9.17) is 5.11 Å². The molecule has 0 bridgehead atoms. The van der Waals surface area contributed by atoms with E-state index in [1.807, 2.05) is 0 Å². The third-order valence-electron chi connectivity index (χ3n) is 6.55. The Morgan fingerprint density at radius 2 is 1.05 bits per heavy atom. The van der Waals surface area contributed by atoms with Gasteiger partial charge < -0.3 is 10.2 Å². The Kier molecular flexibility index (Phi) is 12.7. The lowest BCUT2D eigenvalue weighted by Crippen LogP contribution is -2.05. The maximum absolute atomic E-state index is 10.7. The molecule has 0 heterocycles. The lowest BCUT2D eigenvalue weighted by Gasteiger charge is -2.10. The monoisotopic (exact) mass is 540 g/mol. The van der Waals surface area contributed by atoms with Crippen molar-refractivity contribution in [2.24, 2.45) is 0 Å². The predicted octanol–water partition coefficient (Wildman–Crippen LogP) is 8.71. The Labute approximate surface area is 236 Å². The van der Waals surface area contributed by atoms with E-state index in [9.17, 15) is 9.90 Å². The summed E-state index contributed by atoms with van der Waals surface area (Å²) >= 11 is 0. The second kappa shape index (κ2) is 16.5.